The van der Waals surface area contributed by atoms with E-state index in [0.29, 0.717) is 13.2 Å². The summed E-state index contributed by atoms with van der Waals surface area (Å²) in [4.78, 5) is 2.70. The molecule has 104 valence electrons. The highest BCUT2D eigenvalue weighted by molar-refractivity contribution is 7.11. The van der Waals surface area contributed by atoms with Gasteiger partial charge in [0.1, 0.15) is 0 Å². The number of nitrogens with two attached hydrogens (primary N) is 1. The molecular weight excluding hydrogens is 248 g/mol. The van der Waals surface area contributed by atoms with Crippen molar-refractivity contribution in [3.8, 4) is 0 Å². The standard InChI is InChI=1S/C13H24N2O2S/c1-4-10-7-8-11(18-10)9-12(15-14)13(16-5-2)17-6-3/h7-8,12-13,15H,4-6,9,14H2,1-3H3. The fraction of sp³-hybridized carbons (Fsp3) is 0.692. The van der Waals surface area contributed by atoms with Crippen LogP contribution >= 0.6 is 11.3 Å². The molecule has 0 fully saturated rings. The normalized spacial score (nSPS) is 13.2. The largest absolute Gasteiger partial charge is 0.351 e. The second-order valence-corrected chi connectivity index (χ2v) is 5.23. The number of hydrazine groups is 1. The Balaban J connectivity index is 2.62. The van der Waals surface area contributed by atoms with Crippen molar-refractivity contribution in [2.24, 2.45) is 5.84 Å². The Hall–Kier alpha value is -0.460. The van der Waals surface area contributed by atoms with Crippen molar-refractivity contribution in [3.63, 3.8) is 0 Å². The maximum atomic E-state index is 5.62. The van der Waals surface area contributed by atoms with E-state index < -0.39 is 0 Å². The molecule has 0 bridgehead atoms. The number of rotatable bonds is 9. The molecule has 4 nitrogen and oxygen atoms in total. The van der Waals surface area contributed by atoms with Gasteiger partial charge in [0, 0.05) is 29.4 Å². The van der Waals surface area contributed by atoms with Crippen LogP contribution in [0.3, 0.4) is 0 Å². The van der Waals surface area contributed by atoms with Gasteiger partial charge in [0.25, 0.3) is 0 Å². The van der Waals surface area contributed by atoms with Gasteiger partial charge >= 0.3 is 0 Å². The van der Waals surface area contributed by atoms with Crippen LogP contribution in [0.4, 0.5) is 0 Å². The van der Waals surface area contributed by atoms with Crippen LogP contribution < -0.4 is 11.3 Å². The number of thiophene rings is 1. The maximum absolute atomic E-state index is 5.62. The van der Waals surface area contributed by atoms with Crippen molar-refractivity contribution in [2.75, 3.05) is 13.2 Å². The molecule has 1 atom stereocenters. The van der Waals surface area contributed by atoms with E-state index in [2.05, 4.69) is 24.5 Å². The predicted molar refractivity (Wildman–Crippen MR) is 75.6 cm³/mol. The second kappa shape index (κ2) is 8.61. The highest BCUT2D eigenvalue weighted by atomic mass is 32.1. The number of hydrogen-bond acceptors (Lipinski definition) is 5. The van der Waals surface area contributed by atoms with Crippen LogP contribution in [0.15, 0.2) is 12.1 Å². The molecule has 5 heteroatoms. The lowest BCUT2D eigenvalue weighted by Crippen LogP contribution is -2.47. The van der Waals surface area contributed by atoms with Gasteiger partial charge in [0.2, 0.25) is 0 Å². The summed E-state index contributed by atoms with van der Waals surface area (Å²) in [6, 6.07) is 4.31. The third kappa shape index (κ3) is 4.66. The van der Waals surface area contributed by atoms with Gasteiger partial charge in [-0.15, -0.1) is 11.3 Å². The third-order valence-electron chi connectivity index (χ3n) is 2.69. The second-order valence-electron chi connectivity index (χ2n) is 3.98. The molecule has 0 aromatic carbocycles. The molecular formula is C13H24N2O2S. The van der Waals surface area contributed by atoms with Crippen molar-refractivity contribution in [3.05, 3.63) is 21.9 Å². The molecule has 0 saturated heterocycles. The molecule has 18 heavy (non-hydrogen) atoms. The van der Waals surface area contributed by atoms with Crippen LogP contribution in [0.25, 0.3) is 0 Å². The summed E-state index contributed by atoms with van der Waals surface area (Å²) < 4.78 is 11.2. The minimum Gasteiger partial charge on any atom is -0.351 e. The zero-order valence-corrected chi connectivity index (χ0v) is 12.3. The highest BCUT2D eigenvalue weighted by Crippen LogP contribution is 2.20. The molecule has 0 aliphatic carbocycles. The average Bonchev–Trinajstić information content (AvgIpc) is 2.83. The number of ether oxygens (including phenoxy) is 2. The van der Waals surface area contributed by atoms with Gasteiger partial charge in [0.15, 0.2) is 6.29 Å². The summed E-state index contributed by atoms with van der Waals surface area (Å²) in [5.41, 5.74) is 2.80. The Labute approximate surface area is 113 Å². The van der Waals surface area contributed by atoms with E-state index in [9.17, 15) is 0 Å². The van der Waals surface area contributed by atoms with Crippen molar-refractivity contribution in [1.29, 1.82) is 0 Å². The molecule has 1 aromatic heterocycles. The van der Waals surface area contributed by atoms with Gasteiger partial charge in [-0.05, 0) is 32.4 Å². The Morgan fingerprint density at radius 1 is 1.17 bits per heavy atom. The molecule has 0 radical (unpaired) electrons. The Morgan fingerprint density at radius 3 is 2.22 bits per heavy atom. The predicted octanol–water partition coefficient (Wildman–Crippen LogP) is 2.08. The van der Waals surface area contributed by atoms with Gasteiger partial charge in [-0.1, -0.05) is 6.92 Å². The first-order chi connectivity index (χ1) is 8.74. The smallest absolute Gasteiger partial charge is 0.174 e. The number of aryl methyl sites for hydroxylation is 1. The third-order valence-corrected chi connectivity index (χ3v) is 3.94. The van der Waals surface area contributed by atoms with Crippen LogP contribution in [0.1, 0.15) is 30.5 Å². The van der Waals surface area contributed by atoms with E-state index >= 15 is 0 Å². The van der Waals surface area contributed by atoms with Crippen molar-refractivity contribution in [2.45, 2.75) is 45.9 Å². The van der Waals surface area contributed by atoms with Crippen molar-refractivity contribution in [1.82, 2.24) is 5.43 Å². The van der Waals surface area contributed by atoms with E-state index in [1.807, 2.05) is 25.2 Å². The summed E-state index contributed by atoms with van der Waals surface area (Å²) in [5, 5.41) is 0. The monoisotopic (exact) mass is 272 g/mol. The maximum Gasteiger partial charge on any atom is 0.174 e. The first-order valence-corrected chi connectivity index (χ1v) is 7.33. The lowest BCUT2D eigenvalue weighted by Gasteiger charge is -2.25. The summed E-state index contributed by atoms with van der Waals surface area (Å²) in [5.74, 6) is 5.62. The minimum absolute atomic E-state index is 0.0201. The summed E-state index contributed by atoms with van der Waals surface area (Å²) in [7, 11) is 0. The van der Waals surface area contributed by atoms with E-state index in [-0.39, 0.29) is 12.3 Å². The molecule has 0 aliphatic heterocycles. The molecule has 1 heterocycles. The van der Waals surface area contributed by atoms with Gasteiger partial charge in [0.05, 0.1) is 6.04 Å². The summed E-state index contributed by atoms with van der Waals surface area (Å²) >= 11 is 1.82. The SMILES string of the molecule is CCOC(OCC)C(Cc1ccc(CC)s1)NN. The molecule has 0 saturated carbocycles. The molecule has 3 N–H and O–H groups in total. The zero-order valence-electron chi connectivity index (χ0n) is 11.4. The average molecular weight is 272 g/mol. The summed E-state index contributed by atoms with van der Waals surface area (Å²) in [6.45, 7) is 7.32. The quantitative estimate of drug-likeness (QED) is 0.410. The highest BCUT2D eigenvalue weighted by Gasteiger charge is 2.22. The van der Waals surface area contributed by atoms with Crippen molar-refractivity contribution < 1.29 is 9.47 Å². The van der Waals surface area contributed by atoms with Crippen molar-refractivity contribution >= 4 is 11.3 Å². The number of nitrogens with one attached hydrogen (secondary N) is 1. The first-order valence-electron chi connectivity index (χ1n) is 6.52. The minimum atomic E-state index is -0.294. The Bertz CT molecular complexity index is 325. The van der Waals surface area contributed by atoms with E-state index in [1.54, 1.807) is 0 Å². The van der Waals surface area contributed by atoms with E-state index in [1.165, 1.54) is 9.75 Å². The molecule has 0 amide bonds. The van der Waals surface area contributed by atoms with E-state index in [0.717, 1.165) is 12.8 Å². The Kier molecular flexibility index (Phi) is 7.46. The lowest BCUT2D eigenvalue weighted by atomic mass is 10.2. The molecule has 0 aliphatic rings. The number of hydrogen-bond donors (Lipinski definition) is 2. The van der Waals surface area contributed by atoms with Crippen LogP contribution in [-0.4, -0.2) is 25.5 Å². The van der Waals surface area contributed by atoms with Gasteiger partial charge in [-0.25, -0.2) is 0 Å². The topological polar surface area (TPSA) is 56.5 Å². The van der Waals surface area contributed by atoms with Gasteiger partial charge < -0.3 is 9.47 Å². The van der Waals surface area contributed by atoms with Crippen LogP contribution in [-0.2, 0) is 22.3 Å². The fourth-order valence-electron chi connectivity index (χ4n) is 1.78. The lowest BCUT2D eigenvalue weighted by molar-refractivity contribution is -0.153. The molecule has 0 spiro atoms. The summed E-state index contributed by atoms with van der Waals surface area (Å²) in [6.07, 6.45) is 1.61. The zero-order chi connectivity index (χ0) is 13.4. The molecule has 1 rings (SSSR count). The molecule has 1 aromatic rings. The molecule has 1 unspecified atom stereocenters. The van der Waals surface area contributed by atoms with Crippen LogP contribution in [0.2, 0.25) is 0 Å². The van der Waals surface area contributed by atoms with E-state index in [4.69, 9.17) is 15.3 Å². The van der Waals surface area contributed by atoms with Gasteiger partial charge in [-0.2, -0.15) is 0 Å². The van der Waals surface area contributed by atoms with Gasteiger partial charge in [-0.3, -0.25) is 11.3 Å². The Morgan fingerprint density at radius 2 is 1.78 bits per heavy atom. The first kappa shape index (κ1) is 15.6. The fourth-order valence-corrected chi connectivity index (χ4v) is 2.80. The van der Waals surface area contributed by atoms with Crippen LogP contribution in [0, 0.1) is 0 Å². The van der Waals surface area contributed by atoms with Crippen LogP contribution in [0.5, 0.6) is 0 Å².